The van der Waals surface area contributed by atoms with Gasteiger partial charge in [0.05, 0.1) is 0 Å². The van der Waals surface area contributed by atoms with Gasteiger partial charge in [-0.2, -0.15) is 0 Å². The average molecular weight is 271 g/mol. The number of nitrogens with one attached hydrogen (secondary N) is 1. The molecule has 18 heavy (non-hydrogen) atoms. The molecule has 2 N–H and O–H groups in total. The van der Waals surface area contributed by atoms with E-state index in [2.05, 4.69) is 5.32 Å². The Kier molecular flexibility index (Phi) is 5.45. The summed E-state index contributed by atoms with van der Waals surface area (Å²) in [5.74, 6) is -1.07. The number of anilines is 1. The number of hydrogen-bond donors (Lipinski definition) is 2. The molecule has 6 heteroatoms. The van der Waals surface area contributed by atoms with Crippen LogP contribution in [0.2, 0.25) is 5.02 Å². The SMILES string of the molecule is CCCNC(=O)N(CC(=O)O)c1ccc(Cl)cc1. The van der Waals surface area contributed by atoms with Crippen molar-refractivity contribution >= 4 is 29.3 Å². The number of nitrogens with zero attached hydrogens (tertiary/aromatic N) is 1. The number of carboxylic acids is 1. The Balaban J connectivity index is 2.86. The highest BCUT2D eigenvalue weighted by Gasteiger charge is 2.18. The van der Waals surface area contributed by atoms with Crippen LogP contribution >= 0.6 is 11.6 Å². The van der Waals surface area contributed by atoms with E-state index in [4.69, 9.17) is 16.7 Å². The van der Waals surface area contributed by atoms with Crippen LogP contribution in [0.25, 0.3) is 0 Å². The van der Waals surface area contributed by atoms with Crippen molar-refractivity contribution in [3.8, 4) is 0 Å². The van der Waals surface area contributed by atoms with E-state index in [0.29, 0.717) is 17.3 Å². The van der Waals surface area contributed by atoms with Gasteiger partial charge in [-0.25, -0.2) is 4.79 Å². The first-order chi connectivity index (χ1) is 8.54. The van der Waals surface area contributed by atoms with Gasteiger partial charge < -0.3 is 10.4 Å². The van der Waals surface area contributed by atoms with Gasteiger partial charge in [0.2, 0.25) is 0 Å². The van der Waals surface area contributed by atoms with Crippen LogP contribution < -0.4 is 10.2 Å². The van der Waals surface area contributed by atoms with E-state index in [1.165, 1.54) is 0 Å². The number of carbonyl (C=O) groups is 2. The van der Waals surface area contributed by atoms with E-state index in [-0.39, 0.29) is 0 Å². The number of amides is 2. The molecule has 1 rings (SSSR count). The monoisotopic (exact) mass is 270 g/mol. The fourth-order valence-electron chi connectivity index (χ4n) is 1.36. The Morgan fingerprint density at radius 2 is 1.94 bits per heavy atom. The number of rotatable bonds is 5. The van der Waals surface area contributed by atoms with Gasteiger partial charge in [-0.15, -0.1) is 0 Å². The van der Waals surface area contributed by atoms with Crippen LogP contribution in [-0.2, 0) is 4.79 Å². The van der Waals surface area contributed by atoms with Crippen molar-refractivity contribution < 1.29 is 14.7 Å². The molecule has 0 heterocycles. The van der Waals surface area contributed by atoms with Crippen molar-refractivity contribution in [2.24, 2.45) is 0 Å². The minimum Gasteiger partial charge on any atom is -0.480 e. The molecule has 2 amide bonds. The lowest BCUT2D eigenvalue weighted by Crippen LogP contribution is -2.43. The zero-order chi connectivity index (χ0) is 13.5. The van der Waals surface area contributed by atoms with Crippen LogP contribution in [0.15, 0.2) is 24.3 Å². The maximum absolute atomic E-state index is 11.8. The van der Waals surface area contributed by atoms with Crippen LogP contribution in [0.4, 0.5) is 10.5 Å². The maximum Gasteiger partial charge on any atom is 0.323 e. The fraction of sp³-hybridized carbons (Fsp3) is 0.333. The highest BCUT2D eigenvalue weighted by molar-refractivity contribution is 6.30. The van der Waals surface area contributed by atoms with Gasteiger partial charge >= 0.3 is 12.0 Å². The van der Waals surface area contributed by atoms with Gasteiger partial charge in [0.15, 0.2) is 0 Å². The first kappa shape index (κ1) is 14.3. The first-order valence-corrected chi connectivity index (χ1v) is 5.95. The van der Waals surface area contributed by atoms with E-state index in [0.717, 1.165) is 11.3 Å². The predicted molar refractivity (Wildman–Crippen MR) is 70.1 cm³/mol. The van der Waals surface area contributed by atoms with Crippen LogP contribution in [-0.4, -0.2) is 30.2 Å². The lowest BCUT2D eigenvalue weighted by atomic mass is 10.3. The summed E-state index contributed by atoms with van der Waals surface area (Å²) in [6, 6.07) is 6.01. The lowest BCUT2D eigenvalue weighted by molar-refractivity contribution is -0.135. The van der Waals surface area contributed by atoms with Gasteiger partial charge in [-0.05, 0) is 30.7 Å². The van der Waals surface area contributed by atoms with Gasteiger partial charge in [-0.1, -0.05) is 18.5 Å². The molecular weight excluding hydrogens is 256 g/mol. The first-order valence-electron chi connectivity index (χ1n) is 5.57. The Labute approximate surface area is 110 Å². The van der Waals surface area contributed by atoms with Crippen LogP contribution in [0.1, 0.15) is 13.3 Å². The zero-order valence-electron chi connectivity index (χ0n) is 10.0. The molecule has 1 aromatic rings. The average Bonchev–Trinajstić information content (AvgIpc) is 2.34. The highest BCUT2D eigenvalue weighted by atomic mass is 35.5. The van der Waals surface area contributed by atoms with Gasteiger partial charge in [0, 0.05) is 17.3 Å². The van der Waals surface area contributed by atoms with Crippen molar-refractivity contribution in [1.82, 2.24) is 5.32 Å². The highest BCUT2D eigenvalue weighted by Crippen LogP contribution is 2.18. The molecule has 0 fully saturated rings. The number of carbonyl (C=O) groups excluding carboxylic acids is 1. The number of aliphatic carboxylic acids is 1. The molecule has 0 unspecified atom stereocenters. The second-order valence-corrected chi connectivity index (χ2v) is 4.12. The third-order valence-corrected chi connectivity index (χ3v) is 2.46. The van der Waals surface area contributed by atoms with Crippen molar-refractivity contribution in [2.75, 3.05) is 18.0 Å². The third-order valence-electron chi connectivity index (χ3n) is 2.20. The summed E-state index contributed by atoms with van der Waals surface area (Å²) in [5, 5.41) is 12.0. The van der Waals surface area contributed by atoms with Crippen LogP contribution in [0, 0.1) is 0 Å². The smallest absolute Gasteiger partial charge is 0.323 e. The summed E-state index contributed by atoms with van der Waals surface area (Å²) in [5.41, 5.74) is 0.496. The topological polar surface area (TPSA) is 69.6 Å². The van der Waals surface area contributed by atoms with Gasteiger partial charge in [0.1, 0.15) is 6.54 Å². The van der Waals surface area contributed by atoms with E-state index in [9.17, 15) is 9.59 Å². The standard InChI is InChI=1S/C12H15ClN2O3/c1-2-7-14-12(18)15(8-11(16)17)10-5-3-9(13)4-6-10/h3-6H,2,7-8H2,1H3,(H,14,18)(H,16,17). The second kappa shape index (κ2) is 6.86. The molecule has 0 saturated carbocycles. The maximum atomic E-state index is 11.8. The van der Waals surface area contributed by atoms with E-state index in [1.807, 2.05) is 6.92 Å². The Morgan fingerprint density at radius 3 is 2.44 bits per heavy atom. The van der Waals surface area contributed by atoms with Crippen molar-refractivity contribution in [2.45, 2.75) is 13.3 Å². The quantitative estimate of drug-likeness (QED) is 0.863. The molecule has 0 aromatic heterocycles. The number of carboxylic acid groups (broad SMARTS) is 1. The molecule has 5 nitrogen and oxygen atoms in total. The number of benzene rings is 1. The normalized spacial score (nSPS) is 9.89. The van der Waals surface area contributed by atoms with Crippen molar-refractivity contribution in [1.29, 1.82) is 0 Å². The molecule has 0 aliphatic heterocycles. The summed E-state index contributed by atoms with van der Waals surface area (Å²) >= 11 is 5.75. The molecule has 0 bridgehead atoms. The summed E-state index contributed by atoms with van der Waals surface area (Å²) in [7, 11) is 0. The number of urea groups is 1. The molecule has 0 aliphatic rings. The Bertz CT molecular complexity index is 420. The van der Waals surface area contributed by atoms with Crippen LogP contribution in [0.5, 0.6) is 0 Å². The molecule has 98 valence electrons. The molecule has 0 saturated heterocycles. The zero-order valence-corrected chi connectivity index (χ0v) is 10.8. The van der Waals surface area contributed by atoms with Crippen molar-refractivity contribution in [3.05, 3.63) is 29.3 Å². The summed E-state index contributed by atoms with van der Waals surface area (Å²) in [6.07, 6.45) is 0.785. The Morgan fingerprint density at radius 1 is 1.33 bits per heavy atom. The fourth-order valence-corrected chi connectivity index (χ4v) is 1.49. The summed E-state index contributed by atoms with van der Waals surface area (Å²) in [4.78, 5) is 23.8. The minimum atomic E-state index is -1.07. The van der Waals surface area contributed by atoms with Gasteiger partial charge in [0.25, 0.3) is 0 Å². The summed E-state index contributed by atoms with van der Waals surface area (Å²) < 4.78 is 0. The van der Waals surface area contributed by atoms with E-state index in [1.54, 1.807) is 24.3 Å². The Hall–Kier alpha value is -1.75. The second-order valence-electron chi connectivity index (χ2n) is 3.69. The van der Waals surface area contributed by atoms with E-state index < -0.39 is 18.5 Å². The minimum absolute atomic E-state index is 0.392. The summed E-state index contributed by atoms with van der Waals surface area (Å²) in [6.45, 7) is 2.03. The van der Waals surface area contributed by atoms with Crippen molar-refractivity contribution in [3.63, 3.8) is 0 Å². The molecule has 1 aromatic carbocycles. The largest absolute Gasteiger partial charge is 0.480 e. The lowest BCUT2D eigenvalue weighted by Gasteiger charge is -2.21. The third kappa shape index (κ3) is 4.25. The molecule has 0 radical (unpaired) electrons. The predicted octanol–water partition coefficient (Wildman–Crippen LogP) is 2.35. The number of halogens is 1. The number of hydrogen-bond acceptors (Lipinski definition) is 2. The van der Waals surface area contributed by atoms with E-state index >= 15 is 0 Å². The molecule has 0 aliphatic carbocycles. The molecule has 0 atom stereocenters. The molecule has 0 spiro atoms. The van der Waals surface area contributed by atoms with Crippen LogP contribution in [0.3, 0.4) is 0 Å². The van der Waals surface area contributed by atoms with Gasteiger partial charge in [-0.3, -0.25) is 9.69 Å². The molecular formula is C12H15ClN2O3.